The molecule has 0 aromatic rings. The SMILES string of the molecule is O=C1CCCCC1C1COCC1O. The van der Waals surface area contributed by atoms with Crippen LogP contribution in [0.2, 0.25) is 0 Å². The second-order valence-electron chi connectivity index (χ2n) is 4.09. The summed E-state index contributed by atoms with van der Waals surface area (Å²) < 4.78 is 5.17. The first kappa shape index (κ1) is 9.16. The number of carbonyl (C=O) groups is 1. The Morgan fingerprint density at radius 1 is 1.31 bits per heavy atom. The Bertz CT molecular complexity index is 202. The molecular weight excluding hydrogens is 168 g/mol. The molecule has 2 rings (SSSR count). The van der Waals surface area contributed by atoms with Gasteiger partial charge in [-0.15, -0.1) is 0 Å². The Kier molecular flexibility index (Phi) is 2.65. The Hall–Kier alpha value is -0.410. The predicted molar refractivity (Wildman–Crippen MR) is 47.3 cm³/mol. The first-order valence-electron chi connectivity index (χ1n) is 5.07. The lowest BCUT2D eigenvalue weighted by Gasteiger charge is -2.26. The summed E-state index contributed by atoms with van der Waals surface area (Å²) >= 11 is 0. The fraction of sp³-hybridized carbons (Fsp3) is 0.900. The Morgan fingerprint density at radius 2 is 2.15 bits per heavy atom. The minimum atomic E-state index is -0.410. The third-order valence-corrected chi connectivity index (χ3v) is 3.21. The largest absolute Gasteiger partial charge is 0.390 e. The number of carbonyl (C=O) groups excluding carboxylic acids is 1. The highest BCUT2D eigenvalue weighted by atomic mass is 16.5. The molecule has 0 bridgehead atoms. The van der Waals surface area contributed by atoms with Gasteiger partial charge in [0.2, 0.25) is 0 Å². The average molecular weight is 184 g/mol. The standard InChI is InChI=1S/C10H16O3/c11-9-4-2-1-3-7(9)8-5-13-6-10(8)12/h7-8,10,12H,1-6H2. The molecule has 3 atom stereocenters. The van der Waals surface area contributed by atoms with E-state index in [0.717, 1.165) is 19.3 Å². The zero-order valence-electron chi connectivity index (χ0n) is 7.74. The van der Waals surface area contributed by atoms with Gasteiger partial charge in [-0.3, -0.25) is 4.79 Å². The lowest BCUT2D eigenvalue weighted by atomic mass is 9.78. The molecule has 3 nitrogen and oxygen atoms in total. The van der Waals surface area contributed by atoms with Crippen LogP contribution in [0.4, 0.5) is 0 Å². The molecule has 0 aromatic heterocycles. The minimum absolute atomic E-state index is 0.0752. The van der Waals surface area contributed by atoms with Gasteiger partial charge in [0.1, 0.15) is 5.78 Å². The molecule has 2 aliphatic rings. The molecule has 0 aromatic carbocycles. The molecule has 1 saturated heterocycles. The van der Waals surface area contributed by atoms with Crippen molar-refractivity contribution < 1.29 is 14.6 Å². The van der Waals surface area contributed by atoms with Crippen molar-refractivity contribution in [3.63, 3.8) is 0 Å². The molecule has 3 heteroatoms. The van der Waals surface area contributed by atoms with Gasteiger partial charge in [-0.2, -0.15) is 0 Å². The van der Waals surface area contributed by atoms with E-state index < -0.39 is 6.10 Å². The first-order valence-corrected chi connectivity index (χ1v) is 5.07. The molecule has 74 valence electrons. The summed E-state index contributed by atoms with van der Waals surface area (Å²) in [7, 11) is 0. The van der Waals surface area contributed by atoms with Crippen molar-refractivity contribution in [2.75, 3.05) is 13.2 Å². The van der Waals surface area contributed by atoms with Crippen LogP contribution in [-0.4, -0.2) is 30.2 Å². The summed E-state index contributed by atoms with van der Waals surface area (Å²) in [5, 5.41) is 9.58. The normalized spacial score (nSPS) is 41.0. The summed E-state index contributed by atoms with van der Waals surface area (Å²) in [4.78, 5) is 11.6. The van der Waals surface area contributed by atoms with Crippen molar-refractivity contribution in [3.05, 3.63) is 0 Å². The van der Waals surface area contributed by atoms with Crippen LogP contribution in [0.3, 0.4) is 0 Å². The average Bonchev–Trinajstić information content (AvgIpc) is 2.52. The second kappa shape index (κ2) is 3.76. The fourth-order valence-corrected chi connectivity index (χ4v) is 2.41. The van der Waals surface area contributed by atoms with Crippen LogP contribution in [0.25, 0.3) is 0 Å². The van der Waals surface area contributed by atoms with Gasteiger partial charge in [0.05, 0.1) is 19.3 Å². The molecule has 3 unspecified atom stereocenters. The van der Waals surface area contributed by atoms with Crippen molar-refractivity contribution in [1.82, 2.24) is 0 Å². The summed E-state index contributed by atoms with van der Waals surface area (Å²) in [5.74, 6) is 0.486. The molecule has 1 N–H and O–H groups in total. The smallest absolute Gasteiger partial charge is 0.136 e. The Morgan fingerprint density at radius 3 is 2.77 bits per heavy atom. The molecule has 1 heterocycles. The predicted octanol–water partition coefficient (Wildman–Crippen LogP) is 0.753. The highest BCUT2D eigenvalue weighted by molar-refractivity contribution is 5.82. The van der Waals surface area contributed by atoms with E-state index in [1.807, 2.05) is 0 Å². The van der Waals surface area contributed by atoms with Crippen LogP contribution in [0.5, 0.6) is 0 Å². The fourth-order valence-electron chi connectivity index (χ4n) is 2.41. The van der Waals surface area contributed by atoms with Gasteiger partial charge in [-0.05, 0) is 12.8 Å². The van der Waals surface area contributed by atoms with E-state index in [-0.39, 0.29) is 11.8 Å². The number of aliphatic hydroxyl groups is 1. The quantitative estimate of drug-likeness (QED) is 0.654. The lowest BCUT2D eigenvalue weighted by molar-refractivity contribution is -0.127. The van der Waals surface area contributed by atoms with E-state index >= 15 is 0 Å². The van der Waals surface area contributed by atoms with Crippen molar-refractivity contribution >= 4 is 5.78 Å². The van der Waals surface area contributed by atoms with Crippen molar-refractivity contribution in [2.24, 2.45) is 11.8 Å². The van der Waals surface area contributed by atoms with Crippen molar-refractivity contribution in [2.45, 2.75) is 31.8 Å². The molecule has 1 aliphatic carbocycles. The molecule has 0 spiro atoms. The molecule has 2 fully saturated rings. The zero-order chi connectivity index (χ0) is 9.26. The van der Waals surface area contributed by atoms with E-state index in [1.54, 1.807) is 0 Å². The van der Waals surface area contributed by atoms with Crippen LogP contribution >= 0.6 is 0 Å². The number of Topliss-reactive ketones (excluding diaryl/α,β-unsaturated/α-hetero) is 1. The Labute approximate surface area is 78.1 Å². The van der Waals surface area contributed by atoms with Gasteiger partial charge in [-0.1, -0.05) is 6.42 Å². The molecule has 0 radical (unpaired) electrons. The summed E-state index contributed by atoms with van der Waals surface area (Å²) in [6.07, 6.45) is 3.39. The molecule has 1 aliphatic heterocycles. The van der Waals surface area contributed by atoms with Crippen LogP contribution in [-0.2, 0) is 9.53 Å². The number of ketones is 1. The van der Waals surface area contributed by atoms with E-state index in [2.05, 4.69) is 0 Å². The van der Waals surface area contributed by atoms with Gasteiger partial charge in [-0.25, -0.2) is 0 Å². The van der Waals surface area contributed by atoms with Gasteiger partial charge in [0, 0.05) is 18.3 Å². The topological polar surface area (TPSA) is 46.5 Å². The summed E-state index contributed by atoms with van der Waals surface area (Å²) in [6, 6.07) is 0. The maximum Gasteiger partial charge on any atom is 0.136 e. The molecule has 13 heavy (non-hydrogen) atoms. The van der Waals surface area contributed by atoms with Gasteiger partial charge in [0.25, 0.3) is 0 Å². The van der Waals surface area contributed by atoms with Crippen LogP contribution < -0.4 is 0 Å². The number of aliphatic hydroxyl groups excluding tert-OH is 1. The summed E-state index contributed by atoms with van der Waals surface area (Å²) in [6.45, 7) is 0.978. The number of rotatable bonds is 1. The van der Waals surface area contributed by atoms with Gasteiger partial charge < -0.3 is 9.84 Å². The third kappa shape index (κ3) is 1.76. The molecular formula is C10H16O3. The monoisotopic (exact) mass is 184 g/mol. The van der Waals surface area contributed by atoms with E-state index in [1.165, 1.54) is 0 Å². The number of ether oxygens (including phenoxy) is 1. The number of hydrogen-bond acceptors (Lipinski definition) is 3. The highest BCUT2D eigenvalue weighted by Gasteiger charge is 2.37. The second-order valence-corrected chi connectivity index (χ2v) is 4.09. The summed E-state index contributed by atoms with van der Waals surface area (Å²) in [5.41, 5.74) is 0. The van der Waals surface area contributed by atoms with Crippen molar-refractivity contribution in [3.8, 4) is 0 Å². The van der Waals surface area contributed by atoms with Crippen molar-refractivity contribution in [1.29, 1.82) is 0 Å². The third-order valence-electron chi connectivity index (χ3n) is 3.21. The molecule has 0 amide bonds. The lowest BCUT2D eigenvalue weighted by Crippen LogP contribution is -2.33. The molecule has 1 saturated carbocycles. The van der Waals surface area contributed by atoms with Crippen LogP contribution in [0.1, 0.15) is 25.7 Å². The van der Waals surface area contributed by atoms with Crippen LogP contribution in [0, 0.1) is 11.8 Å². The van der Waals surface area contributed by atoms with E-state index in [9.17, 15) is 9.90 Å². The minimum Gasteiger partial charge on any atom is -0.390 e. The van der Waals surface area contributed by atoms with Gasteiger partial charge >= 0.3 is 0 Å². The first-order chi connectivity index (χ1) is 6.29. The maximum absolute atomic E-state index is 11.6. The van der Waals surface area contributed by atoms with Crippen LogP contribution in [0.15, 0.2) is 0 Å². The van der Waals surface area contributed by atoms with Gasteiger partial charge in [0.15, 0.2) is 0 Å². The maximum atomic E-state index is 11.6. The highest BCUT2D eigenvalue weighted by Crippen LogP contribution is 2.32. The van der Waals surface area contributed by atoms with E-state index in [4.69, 9.17) is 4.74 Å². The Balaban J connectivity index is 2.01. The number of hydrogen-bond donors (Lipinski definition) is 1. The van der Waals surface area contributed by atoms with E-state index in [0.29, 0.717) is 25.4 Å². The zero-order valence-corrected chi connectivity index (χ0v) is 7.74.